The molecule has 130 valence electrons. The molecule has 0 radical (unpaired) electrons. The Labute approximate surface area is 147 Å². The number of nitriles is 1. The van der Waals surface area contributed by atoms with Crippen LogP contribution in [0.25, 0.3) is 10.8 Å². The molecule has 2 rings (SSSR count). The lowest BCUT2D eigenvalue weighted by molar-refractivity contribution is -0.130. The van der Waals surface area contributed by atoms with Crippen molar-refractivity contribution in [1.82, 2.24) is 10.2 Å². The number of hydrogen-bond acceptors (Lipinski definition) is 4. The van der Waals surface area contributed by atoms with Crippen molar-refractivity contribution < 1.29 is 14.3 Å². The number of rotatable bonds is 6. The zero-order valence-electron chi connectivity index (χ0n) is 14.4. The molecule has 0 saturated heterocycles. The summed E-state index contributed by atoms with van der Waals surface area (Å²) in [5, 5.41) is 13.8. The zero-order chi connectivity index (χ0) is 18.2. The molecular weight excluding hydrogens is 318 g/mol. The van der Waals surface area contributed by atoms with E-state index in [1.165, 1.54) is 0 Å². The summed E-state index contributed by atoms with van der Waals surface area (Å²) in [5.41, 5.74) is 0.892. The molecule has 0 heterocycles. The van der Waals surface area contributed by atoms with Crippen LogP contribution in [0, 0.1) is 11.5 Å². The molecule has 6 nitrogen and oxygen atoms in total. The summed E-state index contributed by atoms with van der Waals surface area (Å²) in [6.07, 6.45) is 1.45. The van der Waals surface area contributed by atoms with E-state index in [0.717, 1.165) is 21.2 Å². The fourth-order valence-corrected chi connectivity index (χ4v) is 2.58. The number of ether oxygens (including phenoxy) is 1. The topological polar surface area (TPSA) is 82.4 Å². The van der Waals surface area contributed by atoms with Gasteiger partial charge in [0.15, 0.2) is 6.19 Å². The van der Waals surface area contributed by atoms with Crippen molar-refractivity contribution >= 4 is 22.8 Å². The van der Waals surface area contributed by atoms with Gasteiger partial charge in [-0.05, 0) is 30.2 Å². The highest BCUT2D eigenvalue weighted by Crippen LogP contribution is 2.17. The fourth-order valence-electron chi connectivity index (χ4n) is 2.58. The van der Waals surface area contributed by atoms with Crippen molar-refractivity contribution in [2.45, 2.75) is 26.3 Å². The second-order valence-electron chi connectivity index (χ2n) is 5.49. The predicted octanol–water partition coefficient (Wildman–Crippen LogP) is 2.83. The molecule has 0 aliphatic heterocycles. The summed E-state index contributed by atoms with van der Waals surface area (Å²) in [7, 11) is 0. The Bertz CT molecular complexity index is 798. The molecule has 2 aromatic carbocycles. The Morgan fingerprint density at radius 2 is 1.92 bits per heavy atom. The number of amides is 2. The molecule has 0 fully saturated rings. The van der Waals surface area contributed by atoms with Crippen LogP contribution >= 0.6 is 0 Å². The molecule has 0 aliphatic rings. The van der Waals surface area contributed by atoms with Gasteiger partial charge in [-0.1, -0.05) is 42.5 Å². The number of carbonyl (C=O) groups excluding carboxylic acids is 2. The van der Waals surface area contributed by atoms with Crippen molar-refractivity contribution in [1.29, 1.82) is 5.26 Å². The first-order chi connectivity index (χ1) is 12.1. The van der Waals surface area contributed by atoms with Gasteiger partial charge in [0.1, 0.15) is 6.04 Å². The predicted molar refractivity (Wildman–Crippen MR) is 94.6 cm³/mol. The maximum absolute atomic E-state index is 12.5. The summed E-state index contributed by atoms with van der Waals surface area (Å²) in [6.45, 7) is 3.85. The molecule has 0 aliphatic carbocycles. The van der Waals surface area contributed by atoms with Crippen molar-refractivity contribution in [3.63, 3.8) is 0 Å². The van der Waals surface area contributed by atoms with Gasteiger partial charge >= 0.3 is 6.09 Å². The van der Waals surface area contributed by atoms with Crippen molar-refractivity contribution in [3.8, 4) is 6.19 Å². The third kappa shape index (κ3) is 4.70. The van der Waals surface area contributed by atoms with Crippen molar-refractivity contribution in [2.75, 3.05) is 13.2 Å². The van der Waals surface area contributed by atoms with Crippen LogP contribution in [0.2, 0.25) is 0 Å². The smallest absolute Gasteiger partial charge is 0.407 e. The van der Waals surface area contributed by atoms with E-state index in [-0.39, 0.29) is 19.6 Å². The van der Waals surface area contributed by atoms with E-state index in [1.54, 1.807) is 13.8 Å². The molecule has 0 saturated carbocycles. The molecule has 25 heavy (non-hydrogen) atoms. The van der Waals surface area contributed by atoms with Gasteiger partial charge in [0.05, 0.1) is 6.61 Å². The summed E-state index contributed by atoms with van der Waals surface area (Å²) in [6, 6.07) is 12.9. The van der Waals surface area contributed by atoms with Gasteiger partial charge < -0.3 is 10.1 Å². The van der Waals surface area contributed by atoms with Crippen LogP contribution in [-0.4, -0.2) is 36.1 Å². The van der Waals surface area contributed by atoms with E-state index in [2.05, 4.69) is 5.32 Å². The van der Waals surface area contributed by atoms with Crippen LogP contribution in [0.1, 0.15) is 19.4 Å². The lowest BCUT2D eigenvalue weighted by Crippen LogP contribution is -2.48. The lowest BCUT2D eigenvalue weighted by atomic mass is 10.0. The molecular formula is C19H21N3O3. The first-order valence-electron chi connectivity index (χ1n) is 8.21. The van der Waals surface area contributed by atoms with Crippen LogP contribution in [0.4, 0.5) is 4.79 Å². The quantitative estimate of drug-likeness (QED) is 0.648. The van der Waals surface area contributed by atoms with Gasteiger partial charge in [0.2, 0.25) is 0 Å². The number of benzene rings is 2. The first-order valence-corrected chi connectivity index (χ1v) is 8.21. The maximum atomic E-state index is 12.5. The van der Waals surface area contributed by atoms with Gasteiger partial charge in [0.25, 0.3) is 5.91 Å². The second-order valence-corrected chi connectivity index (χ2v) is 5.49. The van der Waals surface area contributed by atoms with E-state index >= 15 is 0 Å². The average molecular weight is 339 g/mol. The van der Waals surface area contributed by atoms with E-state index in [1.807, 2.05) is 48.7 Å². The largest absolute Gasteiger partial charge is 0.450 e. The third-order valence-corrected chi connectivity index (χ3v) is 3.82. The van der Waals surface area contributed by atoms with E-state index in [9.17, 15) is 9.59 Å². The van der Waals surface area contributed by atoms with Crippen molar-refractivity contribution in [3.05, 3.63) is 48.0 Å². The summed E-state index contributed by atoms with van der Waals surface area (Å²) >= 11 is 0. The summed E-state index contributed by atoms with van der Waals surface area (Å²) < 4.78 is 4.87. The van der Waals surface area contributed by atoms with Gasteiger partial charge in [0, 0.05) is 13.0 Å². The highest BCUT2D eigenvalue weighted by molar-refractivity contribution is 5.87. The standard InChI is InChI=1S/C19H21N3O3/c1-3-22(13-20)18(23)17(21-19(24)25-4-2)12-14-9-10-15-7-5-6-8-16(15)11-14/h5-11,17H,3-4,12H2,1-2H3,(H,21,24). The number of likely N-dealkylation sites (N-methyl/N-ethyl adjacent to an activating group) is 1. The van der Waals surface area contributed by atoms with Crippen LogP contribution in [0.5, 0.6) is 0 Å². The van der Waals surface area contributed by atoms with Crippen LogP contribution in [-0.2, 0) is 16.0 Å². The van der Waals surface area contributed by atoms with Gasteiger partial charge in [-0.15, -0.1) is 0 Å². The molecule has 1 N–H and O–H groups in total. The summed E-state index contributed by atoms with van der Waals surface area (Å²) in [4.78, 5) is 25.3. The molecule has 2 amide bonds. The minimum Gasteiger partial charge on any atom is -0.450 e. The molecule has 6 heteroatoms. The molecule has 0 aromatic heterocycles. The molecule has 1 unspecified atom stereocenters. The van der Waals surface area contributed by atoms with Gasteiger partial charge in [-0.3, -0.25) is 4.79 Å². The average Bonchev–Trinajstić information content (AvgIpc) is 2.62. The van der Waals surface area contributed by atoms with Crippen LogP contribution in [0.15, 0.2) is 42.5 Å². The Morgan fingerprint density at radius 3 is 2.56 bits per heavy atom. The van der Waals surface area contributed by atoms with E-state index in [4.69, 9.17) is 10.00 Å². The number of carbonyl (C=O) groups is 2. The highest BCUT2D eigenvalue weighted by Gasteiger charge is 2.26. The molecule has 0 bridgehead atoms. The fraction of sp³-hybridized carbons (Fsp3) is 0.316. The second kappa shape index (κ2) is 8.69. The third-order valence-electron chi connectivity index (χ3n) is 3.82. The normalized spacial score (nSPS) is 11.4. The zero-order valence-corrected chi connectivity index (χ0v) is 14.4. The molecule has 0 spiro atoms. The molecule has 2 aromatic rings. The SMILES string of the molecule is CCOC(=O)NC(Cc1ccc2ccccc2c1)C(=O)N(C#N)CC. The number of nitrogens with one attached hydrogen (secondary N) is 1. The number of alkyl carbamates (subject to hydrolysis) is 1. The Balaban J connectivity index is 2.25. The summed E-state index contributed by atoms with van der Waals surface area (Å²) in [5.74, 6) is -0.453. The maximum Gasteiger partial charge on any atom is 0.407 e. The monoisotopic (exact) mass is 339 g/mol. The molecule has 1 atom stereocenters. The number of nitrogens with zero attached hydrogens (tertiary/aromatic N) is 2. The number of fused-ring (bicyclic) bond motifs is 1. The first kappa shape index (κ1) is 18.3. The van der Waals surface area contributed by atoms with Crippen molar-refractivity contribution in [2.24, 2.45) is 0 Å². The minimum absolute atomic E-state index is 0.207. The van der Waals surface area contributed by atoms with E-state index in [0.29, 0.717) is 0 Å². The highest BCUT2D eigenvalue weighted by atomic mass is 16.5. The minimum atomic E-state index is -0.861. The lowest BCUT2D eigenvalue weighted by Gasteiger charge is -2.21. The van der Waals surface area contributed by atoms with Crippen LogP contribution < -0.4 is 5.32 Å². The van der Waals surface area contributed by atoms with Gasteiger partial charge in [-0.2, -0.15) is 5.26 Å². The Hall–Kier alpha value is -3.07. The Morgan fingerprint density at radius 1 is 1.20 bits per heavy atom. The number of hydrogen-bond donors (Lipinski definition) is 1. The van der Waals surface area contributed by atoms with Crippen LogP contribution in [0.3, 0.4) is 0 Å². The Kier molecular flexibility index (Phi) is 6.35. The van der Waals surface area contributed by atoms with E-state index < -0.39 is 18.0 Å². The van der Waals surface area contributed by atoms with Gasteiger partial charge in [-0.25, -0.2) is 9.69 Å².